The van der Waals surface area contributed by atoms with E-state index in [1.165, 1.54) is 6.07 Å². The minimum Gasteiger partial charge on any atom is -0.398 e. The highest BCUT2D eigenvalue weighted by atomic mass is 35.5. The van der Waals surface area contributed by atoms with Crippen LogP contribution in [0, 0.1) is 11.2 Å². The first-order valence-corrected chi connectivity index (χ1v) is 8.65. The van der Waals surface area contributed by atoms with Gasteiger partial charge in [-0.05, 0) is 36.8 Å². The molecule has 1 heterocycles. The van der Waals surface area contributed by atoms with Crippen LogP contribution in [0.5, 0.6) is 0 Å². The Morgan fingerprint density at radius 1 is 1.32 bits per heavy atom. The highest BCUT2D eigenvalue weighted by molar-refractivity contribution is 6.30. The smallest absolute Gasteiger partial charge is 0.255 e. The van der Waals surface area contributed by atoms with E-state index in [0.29, 0.717) is 21.8 Å². The Bertz CT molecular complexity index is 1020. The molecule has 1 unspecified atom stereocenters. The molecule has 2 aromatic rings. The van der Waals surface area contributed by atoms with Crippen molar-refractivity contribution in [1.29, 1.82) is 5.41 Å². The van der Waals surface area contributed by atoms with Crippen molar-refractivity contribution in [2.75, 3.05) is 11.1 Å². The van der Waals surface area contributed by atoms with E-state index in [1.807, 2.05) is 0 Å². The molecule has 1 aliphatic rings. The number of aliphatic imine (C=N–C) groups is 1. The van der Waals surface area contributed by atoms with Crippen LogP contribution in [-0.4, -0.2) is 18.1 Å². The molecule has 144 valence electrons. The second-order valence-electron chi connectivity index (χ2n) is 6.19. The number of nitrogens with two attached hydrogens (primary N) is 2. The quantitative estimate of drug-likeness (QED) is 0.399. The Morgan fingerprint density at radius 3 is 2.64 bits per heavy atom. The highest BCUT2D eigenvalue weighted by Crippen LogP contribution is 2.32. The standard InChI is InChI=1S/C19H18ClFN6O/c1-9-16(17(27-19(24)25-9)10-2-4-12(20)5-3-10)18(28)26-15-6-11(8-22)14(23)7-13(15)21/h2-8,17,22H,23H2,1H3,(H,26,28)(H3,24,25,27). The van der Waals surface area contributed by atoms with Gasteiger partial charge < -0.3 is 27.5 Å². The van der Waals surface area contributed by atoms with Crippen molar-refractivity contribution in [2.45, 2.75) is 13.0 Å². The SMILES string of the molecule is CC1=C(C(=O)Nc2cc(C=N)c(N)cc2F)C(c2ccc(Cl)cc2)N=C(N)N1. The number of amides is 1. The number of halogens is 2. The summed E-state index contributed by atoms with van der Waals surface area (Å²) in [4.78, 5) is 17.3. The van der Waals surface area contributed by atoms with Crippen LogP contribution in [-0.2, 0) is 4.79 Å². The molecule has 0 aromatic heterocycles. The number of carbonyl (C=O) groups excluding carboxylic acids is 1. The van der Waals surface area contributed by atoms with Crippen LogP contribution in [0.15, 0.2) is 52.7 Å². The molecule has 0 spiro atoms. The molecule has 7 nitrogen and oxygen atoms in total. The van der Waals surface area contributed by atoms with E-state index in [1.54, 1.807) is 31.2 Å². The van der Waals surface area contributed by atoms with Gasteiger partial charge in [-0.25, -0.2) is 9.38 Å². The monoisotopic (exact) mass is 400 g/mol. The predicted molar refractivity (Wildman–Crippen MR) is 109 cm³/mol. The van der Waals surface area contributed by atoms with Gasteiger partial charge in [-0.2, -0.15) is 0 Å². The largest absolute Gasteiger partial charge is 0.398 e. The highest BCUT2D eigenvalue weighted by Gasteiger charge is 2.29. The van der Waals surface area contributed by atoms with Gasteiger partial charge in [0.1, 0.15) is 11.9 Å². The zero-order valence-electron chi connectivity index (χ0n) is 14.9. The number of anilines is 2. The van der Waals surface area contributed by atoms with Gasteiger partial charge in [-0.3, -0.25) is 4.79 Å². The first kappa shape index (κ1) is 19.4. The van der Waals surface area contributed by atoms with Crippen LogP contribution >= 0.6 is 11.6 Å². The third-order valence-corrected chi connectivity index (χ3v) is 4.52. The first-order valence-electron chi connectivity index (χ1n) is 8.27. The fraction of sp³-hybridized carbons (Fsp3) is 0.105. The summed E-state index contributed by atoms with van der Waals surface area (Å²) in [5.74, 6) is -1.09. The normalized spacial score (nSPS) is 16.2. The summed E-state index contributed by atoms with van der Waals surface area (Å²) in [6.45, 7) is 1.68. The van der Waals surface area contributed by atoms with E-state index in [9.17, 15) is 9.18 Å². The van der Waals surface area contributed by atoms with Crippen LogP contribution in [0.3, 0.4) is 0 Å². The number of guanidine groups is 1. The molecule has 7 N–H and O–H groups in total. The zero-order valence-corrected chi connectivity index (χ0v) is 15.6. The van der Waals surface area contributed by atoms with Crippen LogP contribution in [0.25, 0.3) is 0 Å². The van der Waals surface area contributed by atoms with Crippen molar-refractivity contribution in [3.05, 3.63) is 69.6 Å². The van der Waals surface area contributed by atoms with Gasteiger partial charge in [0.25, 0.3) is 5.91 Å². The predicted octanol–water partition coefficient (Wildman–Crippen LogP) is 2.93. The molecule has 0 radical (unpaired) electrons. The van der Waals surface area contributed by atoms with Gasteiger partial charge in [0, 0.05) is 28.2 Å². The lowest BCUT2D eigenvalue weighted by atomic mass is 9.95. The minimum absolute atomic E-state index is 0.0876. The minimum atomic E-state index is -0.704. The summed E-state index contributed by atoms with van der Waals surface area (Å²) < 4.78 is 14.3. The number of carbonyl (C=O) groups is 1. The molecular formula is C19H18ClFN6O. The topological polar surface area (TPSA) is 129 Å². The first-order chi connectivity index (χ1) is 13.3. The fourth-order valence-corrected chi connectivity index (χ4v) is 3.02. The third-order valence-electron chi connectivity index (χ3n) is 4.27. The lowest BCUT2D eigenvalue weighted by molar-refractivity contribution is -0.113. The Morgan fingerprint density at radius 2 is 2.00 bits per heavy atom. The van der Waals surface area contributed by atoms with Gasteiger partial charge in [-0.1, -0.05) is 23.7 Å². The second kappa shape index (κ2) is 7.69. The Labute approximate surface area is 165 Å². The maximum Gasteiger partial charge on any atom is 0.255 e. The van der Waals surface area contributed by atoms with Crippen molar-refractivity contribution in [3.8, 4) is 0 Å². The van der Waals surface area contributed by atoms with E-state index in [0.717, 1.165) is 12.3 Å². The number of hydrogen-bond donors (Lipinski definition) is 5. The maximum absolute atomic E-state index is 14.3. The number of hydrogen-bond acceptors (Lipinski definition) is 6. The summed E-state index contributed by atoms with van der Waals surface area (Å²) >= 11 is 5.94. The van der Waals surface area contributed by atoms with E-state index in [-0.39, 0.29) is 22.9 Å². The van der Waals surface area contributed by atoms with Gasteiger partial charge in [0.05, 0.1) is 11.3 Å². The molecule has 9 heteroatoms. The van der Waals surface area contributed by atoms with Crippen LogP contribution < -0.4 is 22.1 Å². The lowest BCUT2D eigenvalue weighted by Gasteiger charge is -2.25. The van der Waals surface area contributed by atoms with Gasteiger partial charge >= 0.3 is 0 Å². The molecular weight excluding hydrogens is 383 g/mol. The molecule has 3 rings (SSSR count). The van der Waals surface area contributed by atoms with E-state index in [4.69, 9.17) is 28.5 Å². The van der Waals surface area contributed by atoms with Crippen LogP contribution in [0.4, 0.5) is 15.8 Å². The van der Waals surface area contributed by atoms with Gasteiger partial charge in [0.15, 0.2) is 5.96 Å². The van der Waals surface area contributed by atoms with Crippen LogP contribution in [0.2, 0.25) is 5.02 Å². The number of nitrogen functional groups attached to an aromatic ring is 1. The summed E-state index contributed by atoms with van der Waals surface area (Å²) in [6.07, 6.45) is 0.985. The number of nitrogens with one attached hydrogen (secondary N) is 3. The number of allylic oxidation sites excluding steroid dienone is 1. The van der Waals surface area contributed by atoms with Crippen molar-refractivity contribution in [1.82, 2.24) is 5.32 Å². The van der Waals surface area contributed by atoms with Gasteiger partial charge in [-0.15, -0.1) is 0 Å². The molecule has 1 atom stereocenters. The molecule has 2 aromatic carbocycles. The molecule has 0 aliphatic carbocycles. The number of nitrogens with zero attached hydrogens (tertiary/aromatic N) is 1. The zero-order chi connectivity index (χ0) is 20.4. The van der Waals surface area contributed by atoms with Crippen molar-refractivity contribution in [2.24, 2.45) is 10.7 Å². The summed E-state index contributed by atoms with van der Waals surface area (Å²) in [5, 5.41) is 13.2. The molecule has 1 aliphatic heterocycles. The molecule has 0 saturated heterocycles. The Kier molecular flexibility index (Phi) is 5.32. The maximum atomic E-state index is 14.3. The lowest BCUT2D eigenvalue weighted by Crippen LogP contribution is -2.38. The number of rotatable bonds is 4. The van der Waals surface area contributed by atoms with E-state index < -0.39 is 17.8 Å². The summed E-state index contributed by atoms with van der Waals surface area (Å²) in [5.41, 5.74) is 13.3. The van der Waals surface area contributed by atoms with Crippen molar-refractivity contribution < 1.29 is 9.18 Å². The molecule has 0 saturated carbocycles. The van der Waals surface area contributed by atoms with Crippen molar-refractivity contribution in [3.63, 3.8) is 0 Å². The summed E-state index contributed by atoms with van der Waals surface area (Å²) in [7, 11) is 0. The molecule has 0 bridgehead atoms. The van der Waals surface area contributed by atoms with Gasteiger partial charge in [0.2, 0.25) is 0 Å². The van der Waals surface area contributed by atoms with Crippen LogP contribution in [0.1, 0.15) is 24.1 Å². The van der Waals surface area contributed by atoms with E-state index >= 15 is 0 Å². The summed E-state index contributed by atoms with van der Waals surface area (Å²) in [6, 6.07) is 8.54. The average Bonchev–Trinajstić information content (AvgIpc) is 2.63. The second-order valence-corrected chi connectivity index (χ2v) is 6.63. The number of benzene rings is 2. The average molecular weight is 401 g/mol. The van der Waals surface area contributed by atoms with E-state index in [2.05, 4.69) is 15.6 Å². The Balaban J connectivity index is 1.97. The van der Waals surface area contributed by atoms with Crippen molar-refractivity contribution >= 4 is 41.1 Å². The molecule has 0 fully saturated rings. The molecule has 28 heavy (non-hydrogen) atoms. The Hall–Kier alpha value is -3.39. The third kappa shape index (κ3) is 3.81. The molecule has 1 amide bonds. The fourth-order valence-electron chi connectivity index (χ4n) is 2.90.